The second-order valence-corrected chi connectivity index (χ2v) is 4.64. The number of aromatic nitrogens is 2. The Balaban J connectivity index is 2.06. The molecule has 17 heavy (non-hydrogen) atoms. The number of nitrogens with one attached hydrogen (secondary N) is 2. The van der Waals surface area contributed by atoms with Gasteiger partial charge in [0.1, 0.15) is 6.54 Å². The van der Waals surface area contributed by atoms with Gasteiger partial charge in [-0.1, -0.05) is 0 Å². The molecule has 1 aromatic rings. The van der Waals surface area contributed by atoms with Crippen LogP contribution in [0, 0.1) is 13.8 Å². The summed E-state index contributed by atoms with van der Waals surface area (Å²) in [6, 6.07) is 0.691. The number of rotatable bonds is 5. The summed E-state index contributed by atoms with van der Waals surface area (Å²) in [5.74, 6) is -0.0164. The molecule has 0 spiro atoms. The minimum absolute atomic E-state index is 0.0164. The van der Waals surface area contributed by atoms with Crippen LogP contribution in [0.1, 0.15) is 29.8 Å². The fourth-order valence-electron chi connectivity index (χ4n) is 1.89. The van der Waals surface area contributed by atoms with Crippen molar-refractivity contribution in [1.29, 1.82) is 0 Å². The van der Waals surface area contributed by atoms with Crippen molar-refractivity contribution in [2.45, 2.75) is 45.8 Å². The molecule has 1 amide bonds. The van der Waals surface area contributed by atoms with Gasteiger partial charge in [0.25, 0.3) is 0 Å². The zero-order chi connectivity index (χ0) is 12.4. The lowest BCUT2D eigenvalue weighted by Crippen LogP contribution is -2.24. The maximum absolute atomic E-state index is 11.3. The predicted octanol–water partition coefficient (Wildman–Crippen LogP) is 0.498. The number of carbonyl (C=O) groups excluding carboxylic acids is 1. The molecule has 0 aromatic carbocycles. The van der Waals surface area contributed by atoms with Crippen molar-refractivity contribution in [3.05, 3.63) is 17.0 Å². The Morgan fingerprint density at radius 2 is 2.18 bits per heavy atom. The first kappa shape index (κ1) is 12.1. The second-order valence-electron chi connectivity index (χ2n) is 4.64. The van der Waals surface area contributed by atoms with E-state index in [4.69, 9.17) is 0 Å². The third-order valence-electron chi connectivity index (χ3n) is 3.25. The second kappa shape index (κ2) is 4.87. The lowest BCUT2D eigenvalue weighted by atomic mass is 10.2. The van der Waals surface area contributed by atoms with Crippen LogP contribution in [0.4, 0.5) is 0 Å². The number of aryl methyl sites for hydroxylation is 1. The molecule has 1 heterocycles. The SMILES string of the molecule is CNC(=O)Cn1nc(C)c(CNC2CC2)c1C. The smallest absolute Gasteiger partial charge is 0.241 e. The van der Waals surface area contributed by atoms with Crippen molar-refractivity contribution in [2.24, 2.45) is 0 Å². The van der Waals surface area contributed by atoms with Crippen LogP contribution in [-0.2, 0) is 17.9 Å². The van der Waals surface area contributed by atoms with E-state index in [-0.39, 0.29) is 5.91 Å². The Labute approximate surface area is 102 Å². The average molecular weight is 236 g/mol. The summed E-state index contributed by atoms with van der Waals surface area (Å²) in [4.78, 5) is 11.3. The Morgan fingerprint density at radius 1 is 1.47 bits per heavy atom. The van der Waals surface area contributed by atoms with Crippen molar-refractivity contribution in [3.63, 3.8) is 0 Å². The maximum atomic E-state index is 11.3. The van der Waals surface area contributed by atoms with Crippen molar-refractivity contribution in [3.8, 4) is 0 Å². The van der Waals surface area contributed by atoms with Crippen LogP contribution in [0.15, 0.2) is 0 Å². The van der Waals surface area contributed by atoms with E-state index in [1.54, 1.807) is 11.7 Å². The lowest BCUT2D eigenvalue weighted by molar-refractivity contribution is -0.121. The van der Waals surface area contributed by atoms with Crippen molar-refractivity contribution in [1.82, 2.24) is 20.4 Å². The van der Waals surface area contributed by atoms with Crippen LogP contribution in [0.25, 0.3) is 0 Å². The van der Waals surface area contributed by atoms with E-state index in [0.29, 0.717) is 12.6 Å². The van der Waals surface area contributed by atoms with E-state index in [0.717, 1.165) is 17.9 Å². The molecule has 5 nitrogen and oxygen atoms in total. The Morgan fingerprint density at radius 3 is 2.76 bits per heavy atom. The molecule has 94 valence electrons. The van der Waals surface area contributed by atoms with Crippen molar-refractivity contribution >= 4 is 5.91 Å². The summed E-state index contributed by atoms with van der Waals surface area (Å²) in [5.41, 5.74) is 3.32. The number of nitrogens with zero attached hydrogens (tertiary/aromatic N) is 2. The number of carbonyl (C=O) groups is 1. The molecule has 1 fully saturated rings. The van der Waals surface area contributed by atoms with Crippen LogP contribution in [0.5, 0.6) is 0 Å². The summed E-state index contributed by atoms with van der Waals surface area (Å²) in [5, 5.41) is 10.5. The molecule has 2 N–H and O–H groups in total. The molecule has 5 heteroatoms. The standard InChI is InChI=1S/C12H20N4O/c1-8-11(6-14-10-4-5-10)9(2)16(15-8)7-12(17)13-3/h10,14H,4-7H2,1-3H3,(H,13,17). The molecule has 1 aliphatic rings. The van der Waals surface area contributed by atoms with Gasteiger partial charge < -0.3 is 10.6 Å². The minimum Gasteiger partial charge on any atom is -0.358 e. The van der Waals surface area contributed by atoms with E-state index in [1.807, 2.05) is 13.8 Å². The quantitative estimate of drug-likeness (QED) is 0.782. The highest BCUT2D eigenvalue weighted by Crippen LogP contribution is 2.20. The molecule has 0 saturated heterocycles. The van der Waals surface area contributed by atoms with Crippen molar-refractivity contribution in [2.75, 3.05) is 7.05 Å². The summed E-state index contributed by atoms with van der Waals surface area (Å²) in [7, 11) is 1.64. The van der Waals surface area contributed by atoms with Gasteiger partial charge >= 0.3 is 0 Å². The lowest BCUT2D eigenvalue weighted by Gasteiger charge is -2.05. The number of likely N-dealkylation sites (N-methyl/N-ethyl adjacent to an activating group) is 1. The summed E-state index contributed by atoms with van der Waals surface area (Å²) < 4.78 is 1.78. The Bertz CT molecular complexity index is 420. The van der Waals surface area contributed by atoms with Crippen LogP contribution in [0.3, 0.4) is 0 Å². The molecular weight excluding hydrogens is 216 g/mol. The number of hydrogen-bond acceptors (Lipinski definition) is 3. The van der Waals surface area contributed by atoms with Gasteiger partial charge in [0.15, 0.2) is 0 Å². The largest absolute Gasteiger partial charge is 0.358 e. The van der Waals surface area contributed by atoms with E-state index in [1.165, 1.54) is 18.4 Å². The van der Waals surface area contributed by atoms with Gasteiger partial charge in [-0.25, -0.2) is 0 Å². The zero-order valence-electron chi connectivity index (χ0n) is 10.7. The van der Waals surface area contributed by atoms with Crippen LogP contribution >= 0.6 is 0 Å². The first-order chi connectivity index (χ1) is 8.11. The Hall–Kier alpha value is -1.36. The molecule has 0 aliphatic heterocycles. The van der Waals surface area contributed by atoms with E-state index in [2.05, 4.69) is 15.7 Å². The van der Waals surface area contributed by atoms with Crippen LogP contribution < -0.4 is 10.6 Å². The first-order valence-corrected chi connectivity index (χ1v) is 6.08. The molecular formula is C12H20N4O. The van der Waals surface area contributed by atoms with Gasteiger partial charge in [-0.15, -0.1) is 0 Å². The molecule has 1 saturated carbocycles. The summed E-state index contributed by atoms with van der Waals surface area (Å²) >= 11 is 0. The van der Waals surface area contributed by atoms with Crippen molar-refractivity contribution < 1.29 is 4.79 Å². The fraction of sp³-hybridized carbons (Fsp3) is 0.667. The van der Waals surface area contributed by atoms with Gasteiger partial charge in [-0.2, -0.15) is 5.10 Å². The molecule has 1 aliphatic carbocycles. The van der Waals surface area contributed by atoms with Crippen LogP contribution in [0.2, 0.25) is 0 Å². The minimum atomic E-state index is -0.0164. The molecule has 0 radical (unpaired) electrons. The first-order valence-electron chi connectivity index (χ1n) is 6.08. The third-order valence-corrected chi connectivity index (χ3v) is 3.25. The van der Waals surface area contributed by atoms with Gasteiger partial charge in [0.2, 0.25) is 5.91 Å². The van der Waals surface area contributed by atoms with Gasteiger partial charge in [0, 0.05) is 30.9 Å². The van der Waals surface area contributed by atoms with Crippen LogP contribution in [-0.4, -0.2) is 28.8 Å². The summed E-state index contributed by atoms with van der Waals surface area (Å²) in [6.45, 7) is 5.17. The number of amides is 1. The van der Waals surface area contributed by atoms with Gasteiger partial charge in [-0.3, -0.25) is 9.48 Å². The fourth-order valence-corrected chi connectivity index (χ4v) is 1.89. The average Bonchev–Trinajstić information content (AvgIpc) is 3.07. The topological polar surface area (TPSA) is 59.0 Å². The number of hydrogen-bond donors (Lipinski definition) is 2. The third kappa shape index (κ3) is 2.85. The molecule has 2 rings (SSSR count). The molecule has 0 bridgehead atoms. The van der Waals surface area contributed by atoms with Gasteiger partial charge in [-0.05, 0) is 26.7 Å². The highest BCUT2D eigenvalue weighted by Gasteiger charge is 2.21. The summed E-state index contributed by atoms with van der Waals surface area (Å²) in [6.07, 6.45) is 2.56. The highest BCUT2D eigenvalue weighted by atomic mass is 16.1. The van der Waals surface area contributed by atoms with Gasteiger partial charge in [0.05, 0.1) is 5.69 Å². The normalized spacial score (nSPS) is 15.0. The zero-order valence-corrected chi connectivity index (χ0v) is 10.7. The maximum Gasteiger partial charge on any atom is 0.241 e. The highest BCUT2D eigenvalue weighted by molar-refractivity contribution is 5.75. The molecule has 0 unspecified atom stereocenters. The van der Waals surface area contributed by atoms with E-state index >= 15 is 0 Å². The van der Waals surface area contributed by atoms with E-state index < -0.39 is 0 Å². The predicted molar refractivity (Wildman–Crippen MR) is 65.6 cm³/mol. The monoisotopic (exact) mass is 236 g/mol. The molecule has 1 aromatic heterocycles. The Kier molecular flexibility index (Phi) is 3.47. The van der Waals surface area contributed by atoms with E-state index in [9.17, 15) is 4.79 Å². The molecule has 0 atom stereocenters.